The van der Waals surface area contributed by atoms with E-state index in [0.29, 0.717) is 6.54 Å². The van der Waals surface area contributed by atoms with E-state index in [1.807, 2.05) is 12.1 Å². The maximum atomic E-state index is 12.0. The number of nitro benzene ring substituents is 1. The van der Waals surface area contributed by atoms with Crippen molar-refractivity contribution in [1.82, 2.24) is 10.3 Å². The van der Waals surface area contributed by atoms with Crippen LogP contribution in [0.2, 0.25) is 0 Å². The van der Waals surface area contributed by atoms with Crippen molar-refractivity contribution in [2.24, 2.45) is 0 Å². The Morgan fingerprint density at radius 2 is 1.92 bits per heavy atom. The van der Waals surface area contributed by atoms with Crippen LogP contribution in [0.25, 0.3) is 0 Å². The summed E-state index contributed by atoms with van der Waals surface area (Å²) in [5.74, 6) is 1.17. The van der Waals surface area contributed by atoms with Crippen molar-refractivity contribution in [3.63, 3.8) is 0 Å². The monoisotopic (exact) mass is 372 g/mol. The molecule has 1 aromatic carbocycles. The first-order chi connectivity index (χ1) is 12.6. The first kappa shape index (κ1) is 18.2. The number of nitrogens with zero attached hydrogens (tertiary/aromatic N) is 3. The number of rotatable bonds is 7. The minimum absolute atomic E-state index is 0.0451. The van der Waals surface area contributed by atoms with Crippen LogP contribution >= 0.6 is 11.8 Å². The highest BCUT2D eigenvalue weighted by Gasteiger charge is 2.13. The highest BCUT2D eigenvalue weighted by Crippen LogP contribution is 2.21. The highest BCUT2D eigenvalue weighted by atomic mass is 32.2. The van der Waals surface area contributed by atoms with Gasteiger partial charge in [-0.1, -0.05) is 6.07 Å². The number of anilines is 1. The van der Waals surface area contributed by atoms with E-state index in [2.05, 4.69) is 15.2 Å². The summed E-state index contributed by atoms with van der Waals surface area (Å²) < 4.78 is 0. The van der Waals surface area contributed by atoms with Gasteiger partial charge in [-0.2, -0.15) is 0 Å². The van der Waals surface area contributed by atoms with Crippen LogP contribution in [0.1, 0.15) is 18.4 Å². The van der Waals surface area contributed by atoms with Gasteiger partial charge in [0.25, 0.3) is 5.69 Å². The van der Waals surface area contributed by atoms with Gasteiger partial charge in [0.2, 0.25) is 5.91 Å². The molecule has 136 valence electrons. The minimum atomic E-state index is -0.440. The molecule has 2 aromatic rings. The van der Waals surface area contributed by atoms with Crippen molar-refractivity contribution in [3.8, 4) is 0 Å². The zero-order valence-electron chi connectivity index (χ0n) is 14.3. The summed E-state index contributed by atoms with van der Waals surface area (Å²) >= 11 is 1.35. The van der Waals surface area contributed by atoms with Crippen molar-refractivity contribution in [3.05, 3.63) is 58.3 Å². The van der Waals surface area contributed by atoms with Crippen molar-refractivity contribution < 1.29 is 9.72 Å². The smallest absolute Gasteiger partial charge is 0.269 e. The lowest BCUT2D eigenvalue weighted by atomic mass is 10.2. The minimum Gasteiger partial charge on any atom is -0.357 e. The summed E-state index contributed by atoms with van der Waals surface area (Å²) in [6.45, 7) is 2.55. The Kier molecular flexibility index (Phi) is 6.06. The Balaban J connectivity index is 1.42. The number of non-ortho nitro benzene ring substituents is 1. The van der Waals surface area contributed by atoms with Crippen molar-refractivity contribution >= 4 is 29.2 Å². The van der Waals surface area contributed by atoms with Crippen LogP contribution in [0.5, 0.6) is 0 Å². The molecule has 0 saturated carbocycles. The second-order valence-electron chi connectivity index (χ2n) is 6.04. The van der Waals surface area contributed by atoms with Crippen LogP contribution in [0.4, 0.5) is 11.5 Å². The molecule has 1 aromatic heterocycles. The molecule has 1 N–H and O–H groups in total. The lowest BCUT2D eigenvalue weighted by molar-refractivity contribution is -0.384. The van der Waals surface area contributed by atoms with E-state index in [4.69, 9.17) is 0 Å². The third kappa shape index (κ3) is 4.95. The number of aromatic nitrogens is 1. The molecule has 0 atom stereocenters. The molecule has 7 nitrogen and oxygen atoms in total. The number of hydrogen-bond donors (Lipinski definition) is 1. The van der Waals surface area contributed by atoms with E-state index in [1.165, 1.54) is 36.7 Å². The van der Waals surface area contributed by atoms with E-state index < -0.39 is 4.92 Å². The van der Waals surface area contributed by atoms with Gasteiger partial charge in [0.15, 0.2) is 0 Å². The predicted octanol–water partition coefficient (Wildman–Crippen LogP) is 3.00. The molecule has 0 unspecified atom stereocenters. The number of nitrogens with one attached hydrogen (secondary N) is 1. The van der Waals surface area contributed by atoms with E-state index in [0.717, 1.165) is 29.4 Å². The van der Waals surface area contributed by atoms with Gasteiger partial charge in [0.1, 0.15) is 5.82 Å². The van der Waals surface area contributed by atoms with Gasteiger partial charge in [0.05, 0.1) is 10.7 Å². The highest BCUT2D eigenvalue weighted by molar-refractivity contribution is 8.00. The second kappa shape index (κ2) is 8.66. The second-order valence-corrected chi connectivity index (χ2v) is 7.08. The molecule has 1 fully saturated rings. The van der Waals surface area contributed by atoms with Crippen LogP contribution in [0.15, 0.2) is 47.5 Å². The average molecular weight is 372 g/mol. The quantitative estimate of drug-likeness (QED) is 0.457. The Hall–Kier alpha value is -2.61. The van der Waals surface area contributed by atoms with E-state index in [9.17, 15) is 14.9 Å². The molecule has 0 aliphatic carbocycles. The Morgan fingerprint density at radius 3 is 2.54 bits per heavy atom. The van der Waals surface area contributed by atoms with E-state index >= 15 is 0 Å². The molecular weight excluding hydrogens is 352 g/mol. The molecule has 3 rings (SSSR count). The van der Waals surface area contributed by atoms with Gasteiger partial charge in [-0.15, -0.1) is 11.8 Å². The number of pyridine rings is 1. The molecule has 26 heavy (non-hydrogen) atoms. The van der Waals surface area contributed by atoms with Gasteiger partial charge >= 0.3 is 0 Å². The fourth-order valence-corrected chi connectivity index (χ4v) is 3.45. The van der Waals surface area contributed by atoms with Crippen molar-refractivity contribution in [1.29, 1.82) is 0 Å². The zero-order chi connectivity index (χ0) is 18.4. The summed E-state index contributed by atoms with van der Waals surface area (Å²) in [7, 11) is 0. The maximum Gasteiger partial charge on any atom is 0.269 e. The first-order valence-electron chi connectivity index (χ1n) is 8.45. The largest absolute Gasteiger partial charge is 0.357 e. The zero-order valence-corrected chi connectivity index (χ0v) is 15.1. The number of benzene rings is 1. The van der Waals surface area contributed by atoms with Crippen LogP contribution in [-0.2, 0) is 11.3 Å². The Bertz CT molecular complexity index is 759. The lowest BCUT2D eigenvalue weighted by Crippen LogP contribution is -2.24. The first-order valence-corrected chi connectivity index (χ1v) is 9.44. The molecule has 1 aliphatic heterocycles. The molecule has 0 radical (unpaired) electrons. The van der Waals surface area contributed by atoms with Gasteiger partial charge in [0, 0.05) is 42.9 Å². The van der Waals surface area contributed by atoms with Crippen LogP contribution in [0.3, 0.4) is 0 Å². The topological polar surface area (TPSA) is 88.4 Å². The van der Waals surface area contributed by atoms with E-state index in [1.54, 1.807) is 18.3 Å². The molecule has 0 bridgehead atoms. The fraction of sp³-hybridized carbons (Fsp3) is 0.333. The fourth-order valence-electron chi connectivity index (χ4n) is 2.72. The molecular formula is C18H20N4O3S. The standard InChI is InChI=1S/C18H20N4O3S/c23-18(13-26-16-6-4-15(5-7-16)22(24)25)20-12-14-3-8-17(19-11-14)21-9-1-2-10-21/h3-8,11H,1-2,9-10,12-13H2,(H,20,23). The Morgan fingerprint density at radius 1 is 1.19 bits per heavy atom. The summed E-state index contributed by atoms with van der Waals surface area (Å²) in [4.78, 5) is 29.7. The summed E-state index contributed by atoms with van der Waals surface area (Å²) in [6.07, 6.45) is 4.23. The van der Waals surface area contributed by atoms with Gasteiger partial charge in [-0.05, 0) is 36.6 Å². The third-order valence-electron chi connectivity index (χ3n) is 4.15. The number of thioether (sulfide) groups is 1. The Labute approximate surface area is 156 Å². The van der Waals surface area contributed by atoms with Crippen LogP contribution < -0.4 is 10.2 Å². The SMILES string of the molecule is O=C(CSc1ccc([N+](=O)[O-])cc1)NCc1ccc(N2CCCC2)nc1. The van der Waals surface area contributed by atoms with Crippen LogP contribution in [0, 0.1) is 10.1 Å². The summed E-state index contributed by atoms with van der Waals surface area (Å²) in [6, 6.07) is 10.2. The number of hydrogen-bond acceptors (Lipinski definition) is 6. The van der Waals surface area contributed by atoms with E-state index in [-0.39, 0.29) is 17.3 Å². The number of amides is 1. The number of nitro groups is 1. The normalized spacial score (nSPS) is 13.6. The van der Waals surface area contributed by atoms with Gasteiger partial charge < -0.3 is 10.2 Å². The van der Waals surface area contributed by atoms with Gasteiger partial charge in [-0.3, -0.25) is 14.9 Å². The molecule has 1 amide bonds. The molecule has 8 heteroatoms. The lowest BCUT2D eigenvalue weighted by Gasteiger charge is -2.16. The molecule has 2 heterocycles. The molecule has 1 saturated heterocycles. The van der Waals surface area contributed by atoms with Crippen molar-refractivity contribution in [2.45, 2.75) is 24.3 Å². The van der Waals surface area contributed by atoms with Gasteiger partial charge in [-0.25, -0.2) is 4.98 Å². The third-order valence-corrected chi connectivity index (χ3v) is 5.16. The van der Waals surface area contributed by atoms with Crippen LogP contribution in [-0.4, -0.2) is 34.7 Å². The molecule has 1 aliphatic rings. The predicted molar refractivity (Wildman–Crippen MR) is 101 cm³/mol. The summed E-state index contributed by atoms with van der Waals surface area (Å²) in [5.41, 5.74) is 1.00. The number of carbonyl (C=O) groups excluding carboxylic acids is 1. The summed E-state index contributed by atoms with van der Waals surface area (Å²) in [5, 5.41) is 13.5. The average Bonchev–Trinajstić information content (AvgIpc) is 3.20. The molecule has 0 spiro atoms. The number of carbonyl (C=O) groups is 1. The maximum absolute atomic E-state index is 12.0. The van der Waals surface area contributed by atoms with Crippen molar-refractivity contribution in [2.75, 3.05) is 23.7 Å².